The standard InChI is InChI=1S/C12H23NO4S/c1-3-5-12(11(14)15)6-8-13(9-7-12)18(16,17)10-4-2/h3-10H2,1-2H3,(H,14,15). The molecule has 0 spiro atoms. The highest BCUT2D eigenvalue weighted by atomic mass is 32.2. The zero-order valence-electron chi connectivity index (χ0n) is 11.2. The van der Waals surface area contributed by atoms with Crippen molar-refractivity contribution < 1.29 is 18.3 Å². The summed E-state index contributed by atoms with van der Waals surface area (Å²) in [5.74, 6) is -0.627. The highest BCUT2D eigenvalue weighted by molar-refractivity contribution is 7.89. The van der Waals surface area contributed by atoms with Crippen LogP contribution in [-0.2, 0) is 14.8 Å². The largest absolute Gasteiger partial charge is 0.481 e. The average Bonchev–Trinajstić information content (AvgIpc) is 2.29. The molecule has 1 N–H and O–H groups in total. The van der Waals surface area contributed by atoms with Gasteiger partial charge in [0.15, 0.2) is 0 Å². The lowest BCUT2D eigenvalue weighted by Gasteiger charge is -2.38. The van der Waals surface area contributed by atoms with Gasteiger partial charge in [-0.1, -0.05) is 20.3 Å². The maximum absolute atomic E-state index is 11.9. The summed E-state index contributed by atoms with van der Waals surface area (Å²) < 4.78 is 25.3. The summed E-state index contributed by atoms with van der Waals surface area (Å²) in [6, 6.07) is 0. The fourth-order valence-corrected chi connectivity index (χ4v) is 4.14. The predicted molar refractivity (Wildman–Crippen MR) is 69.9 cm³/mol. The number of rotatable bonds is 6. The molecule has 1 aliphatic rings. The van der Waals surface area contributed by atoms with Crippen LogP contribution >= 0.6 is 0 Å². The van der Waals surface area contributed by atoms with E-state index in [1.54, 1.807) is 0 Å². The Morgan fingerprint density at radius 2 is 1.78 bits per heavy atom. The van der Waals surface area contributed by atoms with Crippen LogP contribution in [0.5, 0.6) is 0 Å². The third-order valence-electron chi connectivity index (χ3n) is 3.72. The highest BCUT2D eigenvalue weighted by Gasteiger charge is 2.42. The SMILES string of the molecule is CCCC1(C(=O)O)CCN(S(=O)(=O)CCC)CC1. The van der Waals surface area contributed by atoms with Crippen molar-refractivity contribution >= 4 is 16.0 Å². The number of aliphatic carboxylic acids is 1. The van der Waals surface area contributed by atoms with Crippen molar-refractivity contribution in [3.05, 3.63) is 0 Å². The van der Waals surface area contributed by atoms with E-state index < -0.39 is 21.4 Å². The number of sulfonamides is 1. The second-order valence-electron chi connectivity index (χ2n) is 5.05. The van der Waals surface area contributed by atoms with E-state index in [1.165, 1.54) is 4.31 Å². The van der Waals surface area contributed by atoms with Gasteiger partial charge in [0.2, 0.25) is 10.0 Å². The van der Waals surface area contributed by atoms with Crippen LogP contribution in [0.1, 0.15) is 46.0 Å². The molecule has 0 aliphatic carbocycles. The minimum Gasteiger partial charge on any atom is -0.481 e. The van der Waals surface area contributed by atoms with Gasteiger partial charge in [-0.15, -0.1) is 0 Å². The van der Waals surface area contributed by atoms with Crippen molar-refractivity contribution in [2.45, 2.75) is 46.0 Å². The molecule has 106 valence electrons. The van der Waals surface area contributed by atoms with Crippen LogP contribution in [0.2, 0.25) is 0 Å². The summed E-state index contributed by atoms with van der Waals surface area (Å²) in [6.45, 7) is 4.48. The van der Waals surface area contributed by atoms with E-state index in [4.69, 9.17) is 0 Å². The summed E-state index contributed by atoms with van der Waals surface area (Å²) in [7, 11) is -3.18. The predicted octanol–water partition coefficient (Wildman–Crippen LogP) is 1.69. The van der Waals surface area contributed by atoms with Crippen LogP contribution in [0.3, 0.4) is 0 Å². The molecule has 1 fully saturated rings. The molecule has 0 saturated carbocycles. The Hall–Kier alpha value is -0.620. The molecule has 0 aromatic rings. The van der Waals surface area contributed by atoms with E-state index in [1.807, 2.05) is 13.8 Å². The molecule has 0 radical (unpaired) electrons. The van der Waals surface area contributed by atoms with Crippen molar-refractivity contribution in [2.75, 3.05) is 18.8 Å². The Morgan fingerprint density at radius 3 is 2.17 bits per heavy atom. The quantitative estimate of drug-likeness (QED) is 0.801. The molecular formula is C12H23NO4S. The lowest BCUT2D eigenvalue weighted by molar-refractivity contribution is -0.152. The molecule has 1 saturated heterocycles. The maximum Gasteiger partial charge on any atom is 0.309 e. The summed E-state index contributed by atoms with van der Waals surface area (Å²) in [5, 5.41) is 9.34. The molecule has 5 nitrogen and oxygen atoms in total. The molecule has 0 bridgehead atoms. The summed E-state index contributed by atoms with van der Waals surface area (Å²) in [6.07, 6.45) is 2.90. The topological polar surface area (TPSA) is 74.7 Å². The second-order valence-corrected chi connectivity index (χ2v) is 7.14. The smallest absolute Gasteiger partial charge is 0.309 e. The molecular weight excluding hydrogens is 254 g/mol. The Morgan fingerprint density at radius 1 is 1.22 bits per heavy atom. The van der Waals surface area contributed by atoms with Crippen LogP contribution in [0.4, 0.5) is 0 Å². The summed E-state index contributed by atoms with van der Waals surface area (Å²) in [5.41, 5.74) is -0.715. The lowest BCUT2D eigenvalue weighted by atomic mass is 9.75. The first-order valence-corrected chi connectivity index (χ1v) is 8.20. The molecule has 1 rings (SSSR count). The fraction of sp³-hybridized carbons (Fsp3) is 0.917. The molecule has 6 heteroatoms. The van der Waals surface area contributed by atoms with Gasteiger partial charge in [0.1, 0.15) is 0 Å². The number of piperidine rings is 1. The molecule has 0 amide bonds. The minimum atomic E-state index is -3.18. The van der Waals surface area contributed by atoms with Crippen LogP contribution in [0, 0.1) is 5.41 Å². The minimum absolute atomic E-state index is 0.154. The Bertz CT molecular complexity index is 383. The zero-order chi connectivity index (χ0) is 13.8. The molecule has 0 aromatic carbocycles. The van der Waals surface area contributed by atoms with Gasteiger partial charge in [-0.25, -0.2) is 12.7 Å². The Labute approximate surface area is 109 Å². The first kappa shape index (κ1) is 15.4. The fourth-order valence-electron chi connectivity index (χ4n) is 2.63. The summed E-state index contributed by atoms with van der Waals surface area (Å²) >= 11 is 0. The van der Waals surface area contributed by atoms with Gasteiger partial charge in [0.25, 0.3) is 0 Å². The number of carboxylic acids is 1. The average molecular weight is 277 g/mol. The van der Waals surface area contributed by atoms with Crippen LogP contribution in [-0.4, -0.2) is 42.6 Å². The molecule has 0 unspecified atom stereocenters. The van der Waals surface area contributed by atoms with Crippen LogP contribution < -0.4 is 0 Å². The first-order chi connectivity index (χ1) is 8.38. The lowest BCUT2D eigenvalue weighted by Crippen LogP contribution is -2.47. The van der Waals surface area contributed by atoms with Gasteiger partial charge >= 0.3 is 5.97 Å². The number of hydrogen-bond acceptors (Lipinski definition) is 3. The molecule has 1 heterocycles. The Kier molecular flexibility index (Phi) is 5.16. The molecule has 18 heavy (non-hydrogen) atoms. The van der Waals surface area contributed by atoms with Gasteiger partial charge in [-0.3, -0.25) is 4.79 Å². The zero-order valence-corrected chi connectivity index (χ0v) is 12.0. The Balaban J connectivity index is 2.72. The third kappa shape index (κ3) is 3.23. The van der Waals surface area contributed by atoms with Crippen molar-refractivity contribution in [2.24, 2.45) is 5.41 Å². The normalized spacial score (nSPS) is 20.8. The highest BCUT2D eigenvalue weighted by Crippen LogP contribution is 2.37. The third-order valence-corrected chi connectivity index (χ3v) is 5.79. The number of hydrogen-bond donors (Lipinski definition) is 1. The summed E-state index contributed by atoms with van der Waals surface area (Å²) in [4.78, 5) is 11.4. The number of carbonyl (C=O) groups is 1. The molecule has 0 aromatic heterocycles. The van der Waals surface area contributed by atoms with Gasteiger partial charge < -0.3 is 5.11 Å². The first-order valence-electron chi connectivity index (χ1n) is 6.59. The van der Waals surface area contributed by atoms with Crippen LogP contribution in [0.15, 0.2) is 0 Å². The monoisotopic (exact) mass is 277 g/mol. The molecule has 0 atom stereocenters. The van der Waals surface area contributed by atoms with Crippen LogP contribution in [0.25, 0.3) is 0 Å². The van der Waals surface area contributed by atoms with E-state index in [0.717, 1.165) is 6.42 Å². The number of carboxylic acid groups (broad SMARTS) is 1. The van der Waals surface area contributed by atoms with E-state index in [0.29, 0.717) is 38.8 Å². The maximum atomic E-state index is 11.9. The van der Waals surface area contributed by atoms with Gasteiger partial charge in [-0.2, -0.15) is 0 Å². The second kappa shape index (κ2) is 6.02. The van der Waals surface area contributed by atoms with E-state index in [-0.39, 0.29) is 5.75 Å². The van der Waals surface area contributed by atoms with Crippen molar-refractivity contribution in [1.29, 1.82) is 0 Å². The van der Waals surface area contributed by atoms with E-state index >= 15 is 0 Å². The van der Waals surface area contributed by atoms with Gasteiger partial charge in [0, 0.05) is 13.1 Å². The van der Waals surface area contributed by atoms with Crippen molar-refractivity contribution in [1.82, 2.24) is 4.31 Å². The number of nitrogens with zero attached hydrogens (tertiary/aromatic N) is 1. The van der Waals surface area contributed by atoms with Gasteiger partial charge in [-0.05, 0) is 25.7 Å². The van der Waals surface area contributed by atoms with E-state index in [9.17, 15) is 18.3 Å². The van der Waals surface area contributed by atoms with Crippen molar-refractivity contribution in [3.8, 4) is 0 Å². The molecule has 1 aliphatic heterocycles. The van der Waals surface area contributed by atoms with Crippen molar-refractivity contribution in [3.63, 3.8) is 0 Å². The van der Waals surface area contributed by atoms with E-state index in [2.05, 4.69) is 0 Å². The van der Waals surface area contributed by atoms with Gasteiger partial charge in [0.05, 0.1) is 11.2 Å².